The van der Waals surface area contributed by atoms with Gasteiger partial charge in [-0.05, 0) is 18.2 Å². The van der Waals surface area contributed by atoms with Crippen LogP contribution in [0.25, 0.3) is 0 Å². The third-order valence-corrected chi connectivity index (χ3v) is 1.19. The normalized spacial score (nSPS) is 7.60. The van der Waals surface area contributed by atoms with E-state index in [1.165, 1.54) is 0 Å². The fraction of sp³-hybridized carbons (Fsp3) is 0. The van der Waals surface area contributed by atoms with Crippen molar-refractivity contribution in [2.24, 2.45) is 0 Å². The van der Waals surface area contributed by atoms with Gasteiger partial charge in [0.15, 0.2) is 0 Å². The number of benzene rings is 1. The number of halogens is 1. The van der Waals surface area contributed by atoms with Crippen molar-refractivity contribution in [3.8, 4) is 6.07 Å². The summed E-state index contributed by atoms with van der Waals surface area (Å²) in [5.74, 6) is 0. The third-order valence-electron chi connectivity index (χ3n) is 0.954. The maximum absolute atomic E-state index is 8.35. The van der Waals surface area contributed by atoms with Gasteiger partial charge in [0.05, 0.1) is 11.6 Å². The Balaban J connectivity index is -0.000000270. The van der Waals surface area contributed by atoms with E-state index in [-0.39, 0.29) is 25.9 Å². The van der Waals surface area contributed by atoms with E-state index in [9.17, 15) is 0 Å². The van der Waals surface area contributed by atoms with E-state index in [2.05, 4.69) is 0 Å². The molecule has 0 atom stereocenters. The van der Waals surface area contributed by atoms with Crippen LogP contribution in [0.4, 0.5) is 0 Å². The molecule has 0 heterocycles. The number of hydrogen-bond donors (Lipinski definition) is 0. The zero-order valence-corrected chi connectivity index (χ0v) is 7.51. The number of nitriles is 1. The Morgan fingerprint density at radius 2 is 2.20 bits per heavy atom. The summed E-state index contributed by atoms with van der Waals surface area (Å²) in [5.41, 5.74) is 0.600. The van der Waals surface area contributed by atoms with E-state index in [1.54, 1.807) is 24.3 Å². The molecule has 1 nitrogen and oxygen atoms in total. The summed E-state index contributed by atoms with van der Waals surface area (Å²) in [7, 11) is 0. The Hall–Kier alpha value is -0.234. The van der Waals surface area contributed by atoms with Crippen molar-refractivity contribution in [1.29, 1.82) is 5.26 Å². The van der Waals surface area contributed by atoms with E-state index in [0.717, 1.165) is 0 Å². The smallest absolute Gasteiger partial charge is 1.00 e. The van der Waals surface area contributed by atoms with Gasteiger partial charge in [-0.25, -0.2) is 0 Å². The molecule has 0 bridgehead atoms. The van der Waals surface area contributed by atoms with Crippen molar-refractivity contribution in [3.63, 3.8) is 0 Å². The molecule has 0 radical (unpaired) electrons. The molecule has 0 fully saturated rings. The maximum Gasteiger partial charge on any atom is 2.00 e. The van der Waals surface area contributed by atoms with E-state index < -0.39 is 0 Å². The Morgan fingerprint density at radius 3 is 2.60 bits per heavy atom. The zero-order valence-electron chi connectivity index (χ0n) is 7.34. The van der Waals surface area contributed by atoms with E-state index >= 15 is 0 Å². The first kappa shape index (κ1) is 9.77. The predicted molar refractivity (Wildman–Crippen MR) is 44.1 cm³/mol. The van der Waals surface area contributed by atoms with Crippen LogP contribution >= 0.6 is 11.6 Å². The van der Waals surface area contributed by atoms with Gasteiger partial charge in [0.1, 0.15) is 0 Å². The van der Waals surface area contributed by atoms with Crippen LogP contribution in [-0.4, -0.2) is 23.1 Å². The fourth-order valence-electron chi connectivity index (χ4n) is 0.558. The molecular formula is C7H6ClMgN. The third kappa shape index (κ3) is 2.57. The Kier molecular flexibility index (Phi) is 4.45. The molecule has 1 aromatic carbocycles. The van der Waals surface area contributed by atoms with E-state index in [0.29, 0.717) is 10.6 Å². The molecule has 0 saturated heterocycles. The van der Waals surface area contributed by atoms with Crippen LogP contribution in [-0.2, 0) is 0 Å². The van der Waals surface area contributed by atoms with Gasteiger partial charge in [0.25, 0.3) is 0 Å². The second kappa shape index (κ2) is 4.56. The average molecular weight is 164 g/mol. The first-order chi connectivity index (χ1) is 4.33. The minimum absolute atomic E-state index is 0. The van der Waals surface area contributed by atoms with Gasteiger partial charge < -0.3 is 2.85 Å². The van der Waals surface area contributed by atoms with Gasteiger partial charge in [-0.1, -0.05) is 17.7 Å². The molecule has 0 unspecified atom stereocenters. The molecule has 0 aliphatic heterocycles. The van der Waals surface area contributed by atoms with E-state index in [1.807, 2.05) is 6.07 Å². The van der Waals surface area contributed by atoms with Crippen LogP contribution < -0.4 is 0 Å². The maximum atomic E-state index is 8.35. The molecule has 0 amide bonds. The molecule has 1 aromatic rings. The second-order valence-corrected chi connectivity index (χ2v) is 2.06. The predicted octanol–water partition coefficient (Wildman–Crippen LogP) is 2.06. The summed E-state index contributed by atoms with van der Waals surface area (Å²) in [6.45, 7) is 0. The van der Waals surface area contributed by atoms with Crippen LogP contribution in [0.3, 0.4) is 0 Å². The minimum atomic E-state index is 0. The molecule has 0 spiro atoms. The Bertz CT molecular complexity index is 262. The molecule has 10 heavy (non-hydrogen) atoms. The van der Waals surface area contributed by atoms with Crippen molar-refractivity contribution >= 4 is 34.7 Å². The van der Waals surface area contributed by atoms with Gasteiger partial charge in [0.2, 0.25) is 0 Å². The van der Waals surface area contributed by atoms with Gasteiger partial charge in [0, 0.05) is 5.02 Å². The molecule has 0 N–H and O–H groups in total. The van der Waals surface area contributed by atoms with Crippen LogP contribution in [0, 0.1) is 11.3 Å². The SMILES string of the molecule is N#Cc1cccc(Cl)c1.[H-].[H-].[Mg+2]. The summed E-state index contributed by atoms with van der Waals surface area (Å²) < 4.78 is 0. The van der Waals surface area contributed by atoms with Gasteiger partial charge in [-0.3, -0.25) is 0 Å². The Morgan fingerprint density at radius 1 is 1.50 bits per heavy atom. The summed E-state index contributed by atoms with van der Waals surface area (Å²) in [6.07, 6.45) is 0. The summed E-state index contributed by atoms with van der Waals surface area (Å²) in [4.78, 5) is 0. The van der Waals surface area contributed by atoms with Crippen molar-refractivity contribution < 1.29 is 2.85 Å². The van der Waals surface area contributed by atoms with E-state index in [4.69, 9.17) is 16.9 Å². The van der Waals surface area contributed by atoms with Crippen LogP contribution in [0.15, 0.2) is 24.3 Å². The van der Waals surface area contributed by atoms with Crippen molar-refractivity contribution in [3.05, 3.63) is 34.9 Å². The van der Waals surface area contributed by atoms with Crippen LogP contribution in [0.2, 0.25) is 5.02 Å². The number of hydrogen-bond acceptors (Lipinski definition) is 1. The summed E-state index contributed by atoms with van der Waals surface area (Å²) in [5, 5.41) is 8.96. The van der Waals surface area contributed by atoms with Gasteiger partial charge in [-0.2, -0.15) is 5.26 Å². The average Bonchev–Trinajstić information content (AvgIpc) is 1.88. The van der Waals surface area contributed by atoms with Crippen molar-refractivity contribution in [2.75, 3.05) is 0 Å². The van der Waals surface area contributed by atoms with Crippen molar-refractivity contribution in [1.82, 2.24) is 0 Å². The zero-order chi connectivity index (χ0) is 6.69. The molecule has 0 aliphatic rings. The first-order valence-electron chi connectivity index (χ1n) is 2.48. The molecule has 0 aliphatic carbocycles. The van der Waals surface area contributed by atoms with Crippen molar-refractivity contribution in [2.45, 2.75) is 0 Å². The van der Waals surface area contributed by atoms with Gasteiger partial charge in [-0.15, -0.1) is 0 Å². The summed E-state index contributed by atoms with van der Waals surface area (Å²) in [6, 6.07) is 8.81. The topological polar surface area (TPSA) is 23.8 Å². The molecule has 0 aromatic heterocycles. The molecule has 0 saturated carbocycles. The standard InChI is InChI=1S/C7H4ClN.Mg.2H/c8-7-3-1-2-6(4-7)5-9;;;/h1-4H;;;/q;+2;2*-1. The first-order valence-corrected chi connectivity index (χ1v) is 2.86. The summed E-state index contributed by atoms with van der Waals surface area (Å²) >= 11 is 5.57. The molecular weight excluding hydrogens is 158 g/mol. The molecule has 1 rings (SSSR count). The van der Waals surface area contributed by atoms with Gasteiger partial charge >= 0.3 is 23.1 Å². The minimum Gasteiger partial charge on any atom is -1.00 e. The quantitative estimate of drug-likeness (QED) is 0.538. The van der Waals surface area contributed by atoms with Crippen LogP contribution in [0.5, 0.6) is 0 Å². The fourth-order valence-corrected chi connectivity index (χ4v) is 0.748. The largest absolute Gasteiger partial charge is 2.00 e. The molecule has 3 heteroatoms. The second-order valence-electron chi connectivity index (χ2n) is 1.62. The monoisotopic (exact) mass is 163 g/mol. The number of nitrogens with zero attached hydrogens (tertiary/aromatic N) is 1. The number of rotatable bonds is 0. The van der Waals surface area contributed by atoms with Crippen LogP contribution in [0.1, 0.15) is 8.42 Å². The Labute approximate surface area is 83.7 Å². The molecule has 48 valence electrons.